The predicted octanol–water partition coefficient (Wildman–Crippen LogP) is 4.11. The van der Waals surface area contributed by atoms with Gasteiger partial charge in [-0.3, -0.25) is 10.1 Å². The number of nitro benzene ring substituents is 1. The molecule has 0 heterocycles. The molecule has 0 atom stereocenters. The molecule has 0 saturated carbocycles. The van der Waals surface area contributed by atoms with Crippen molar-refractivity contribution in [2.75, 3.05) is 0 Å². The van der Waals surface area contributed by atoms with Gasteiger partial charge in [0, 0.05) is 0 Å². The summed E-state index contributed by atoms with van der Waals surface area (Å²) in [6.07, 6.45) is 0. The third kappa shape index (κ3) is 2.57. The van der Waals surface area contributed by atoms with Gasteiger partial charge in [0.15, 0.2) is 0 Å². The minimum Gasteiger partial charge on any atom is -0.507 e. The van der Waals surface area contributed by atoms with Crippen LogP contribution in [0.25, 0.3) is 0 Å². The van der Waals surface area contributed by atoms with Gasteiger partial charge in [-0.1, -0.05) is 41.6 Å². The standard InChI is InChI=1S/C12H8ClNO3S/c13-8-4-3-7-11(12(8)14(16)17)18-10-6-2-1-5-9(10)15/h1-7,15H. The zero-order valence-electron chi connectivity index (χ0n) is 9.04. The van der Waals surface area contributed by atoms with Gasteiger partial charge in [0.05, 0.1) is 14.7 Å². The lowest BCUT2D eigenvalue weighted by atomic mass is 10.3. The molecule has 2 aromatic carbocycles. The largest absolute Gasteiger partial charge is 0.507 e. The predicted molar refractivity (Wildman–Crippen MR) is 70.3 cm³/mol. The van der Waals surface area contributed by atoms with Crippen LogP contribution in [0.2, 0.25) is 5.02 Å². The summed E-state index contributed by atoms with van der Waals surface area (Å²) >= 11 is 6.92. The van der Waals surface area contributed by atoms with Crippen LogP contribution in [0.5, 0.6) is 5.75 Å². The molecular formula is C12H8ClNO3S. The van der Waals surface area contributed by atoms with Crippen molar-refractivity contribution in [1.82, 2.24) is 0 Å². The second kappa shape index (κ2) is 5.29. The molecule has 0 unspecified atom stereocenters. The fourth-order valence-electron chi connectivity index (χ4n) is 1.42. The van der Waals surface area contributed by atoms with Crippen molar-refractivity contribution in [3.8, 4) is 5.75 Å². The van der Waals surface area contributed by atoms with Gasteiger partial charge in [-0.25, -0.2) is 0 Å². The highest BCUT2D eigenvalue weighted by molar-refractivity contribution is 7.99. The Hall–Kier alpha value is -1.72. The van der Waals surface area contributed by atoms with E-state index in [0.29, 0.717) is 9.79 Å². The van der Waals surface area contributed by atoms with Crippen LogP contribution >= 0.6 is 23.4 Å². The lowest BCUT2D eigenvalue weighted by Gasteiger charge is -2.05. The molecule has 0 aliphatic carbocycles. The smallest absolute Gasteiger partial charge is 0.301 e. The molecule has 0 saturated heterocycles. The molecular weight excluding hydrogens is 274 g/mol. The molecule has 0 bridgehead atoms. The van der Waals surface area contributed by atoms with E-state index in [-0.39, 0.29) is 16.5 Å². The van der Waals surface area contributed by atoms with E-state index in [0.717, 1.165) is 11.8 Å². The summed E-state index contributed by atoms with van der Waals surface area (Å²) in [4.78, 5) is 11.4. The molecule has 0 radical (unpaired) electrons. The van der Waals surface area contributed by atoms with Gasteiger partial charge in [0.2, 0.25) is 0 Å². The number of benzene rings is 2. The summed E-state index contributed by atoms with van der Waals surface area (Å²) < 4.78 is 0. The van der Waals surface area contributed by atoms with Crippen LogP contribution in [0.3, 0.4) is 0 Å². The van der Waals surface area contributed by atoms with E-state index in [4.69, 9.17) is 11.6 Å². The fourth-order valence-corrected chi connectivity index (χ4v) is 2.70. The van der Waals surface area contributed by atoms with E-state index in [2.05, 4.69) is 0 Å². The number of halogens is 1. The van der Waals surface area contributed by atoms with Gasteiger partial charge in [0.1, 0.15) is 10.8 Å². The highest BCUT2D eigenvalue weighted by Crippen LogP contribution is 2.41. The second-order valence-corrected chi connectivity index (χ2v) is 4.90. The Labute approximate surface area is 112 Å². The van der Waals surface area contributed by atoms with Gasteiger partial charge in [-0.2, -0.15) is 0 Å². The first-order valence-electron chi connectivity index (χ1n) is 4.98. The SMILES string of the molecule is O=[N+]([O-])c1c(Cl)cccc1Sc1ccccc1O. The Morgan fingerprint density at radius 3 is 2.44 bits per heavy atom. The van der Waals surface area contributed by atoms with Gasteiger partial charge in [0.25, 0.3) is 0 Å². The first-order chi connectivity index (χ1) is 8.59. The highest BCUT2D eigenvalue weighted by atomic mass is 35.5. The Bertz CT molecular complexity index is 604. The van der Waals surface area contributed by atoms with Crippen LogP contribution in [0.4, 0.5) is 5.69 Å². The molecule has 6 heteroatoms. The van der Waals surface area contributed by atoms with E-state index in [1.54, 1.807) is 30.3 Å². The minimum absolute atomic E-state index is 0.0803. The molecule has 0 aliphatic heterocycles. The van der Waals surface area contributed by atoms with Crippen LogP contribution < -0.4 is 0 Å². The summed E-state index contributed by atoms with van der Waals surface area (Å²) in [5.41, 5.74) is -0.146. The molecule has 0 aliphatic rings. The zero-order valence-corrected chi connectivity index (χ0v) is 10.6. The third-order valence-corrected chi connectivity index (χ3v) is 3.64. The van der Waals surface area contributed by atoms with Crippen LogP contribution in [-0.2, 0) is 0 Å². The second-order valence-electron chi connectivity index (χ2n) is 3.41. The summed E-state index contributed by atoms with van der Waals surface area (Å²) in [5, 5.41) is 20.7. The van der Waals surface area contributed by atoms with E-state index in [1.165, 1.54) is 12.1 Å². The Morgan fingerprint density at radius 1 is 1.11 bits per heavy atom. The third-order valence-electron chi connectivity index (χ3n) is 2.22. The fraction of sp³-hybridized carbons (Fsp3) is 0. The number of hydrogen-bond donors (Lipinski definition) is 1. The van der Waals surface area contributed by atoms with E-state index < -0.39 is 4.92 Å². The quantitative estimate of drug-likeness (QED) is 0.679. The normalized spacial score (nSPS) is 10.3. The Morgan fingerprint density at radius 2 is 1.78 bits per heavy atom. The number of para-hydroxylation sites is 2. The van der Waals surface area contributed by atoms with Crippen molar-refractivity contribution < 1.29 is 10.0 Å². The van der Waals surface area contributed by atoms with Crippen molar-refractivity contribution >= 4 is 29.1 Å². The molecule has 2 aromatic rings. The summed E-state index contributed by atoms with van der Waals surface area (Å²) in [5.74, 6) is 0.0803. The highest BCUT2D eigenvalue weighted by Gasteiger charge is 2.19. The maximum absolute atomic E-state index is 11.0. The lowest BCUT2D eigenvalue weighted by Crippen LogP contribution is -1.91. The molecule has 92 valence electrons. The van der Waals surface area contributed by atoms with Crippen molar-refractivity contribution in [2.45, 2.75) is 9.79 Å². The van der Waals surface area contributed by atoms with Crippen LogP contribution in [0.15, 0.2) is 52.3 Å². The maximum atomic E-state index is 11.0. The number of aromatic hydroxyl groups is 1. The Balaban J connectivity index is 2.44. The number of nitrogens with zero attached hydrogens (tertiary/aromatic N) is 1. The number of rotatable bonds is 3. The van der Waals surface area contributed by atoms with E-state index in [1.807, 2.05) is 0 Å². The molecule has 4 nitrogen and oxygen atoms in total. The lowest BCUT2D eigenvalue weighted by molar-refractivity contribution is -0.387. The molecule has 2 rings (SSSR count). The maximum Gasteiger partial charge on any atom is 0.301 e. The summed E-state index contributed by atoms with van der Waals surface area (Å²) in [6.45, 7) is 0. The summed E-state index contributed by atoms with van der Waals surface area (Å²) in [6, 6.07) is 11.3. The number of hydrogen-bond acceptors (Lipinski definition) is 4. The Kier molecular flexibility index (Phi) is 3.74. The first kappa shape index (κ1) is 12.7. The molecule has 0 fully saturated rings. The molecule has 0 spiro atoms. The van der Waals surface area contributed by atoms with E-state index in [9.17, 15) is 15.2 Å². The average Bonchev–Trinajstić information content (AvgIpc) is 2.31. The van der Waals surface area contributed by atoms with Crippen LogP contribution in [0, 0.1) is 10.1 Å². The zero-order chi connectivity index (χ0) is 13.1. The summed E-state index contributed by atoms with van der Waals surface area (Å²) in [7, 11) is 0. The van der Waals surface area contributed by atoms with Crippen LogP contribution in [0.1, 0.15) is 0 Å². The van der Waals surface area contributed by atoms with Crippen molar-refractivity contribution in [3.05, 3.63) is 57.6 Å². The van der Waals surface area contributed by atoms with Crippen molar-refractivity contribution in [3.63, 3.8) is 0 Å². The van der Waals surface area contributed by atoms with Crippen molar-refractivity contribution in [1.29, 1.82) is 0 Å². The van der Waals surface area contributed by atoms with E-state index >= 15 is 0 Å². The van der Waals surface area contributed by atoms with Gasteiger partial charge < -0.3 is 5.11 Å². The van der Waals surface area contributed by atoms with Gasteiger partial charge in [-0.05, 0) is 24.3 Å². The molecule has 0 amide bonds. The van der Waals surface area contributed by atoms with Gasteiger partial charge in [-0.15, -0.1) is 0 Å². The number of phenolic OH excluding ortho intramolecular Hbond substituents is 1. The molecule has 0 aromatic heterocycles. The van der Waals surface area contributed by atoms with Crippen molar-refractivity contribution in [2.24, 2.45) is 0 Å². The topological polar surface area (TPSA) is 63.4 Å². The molecule has 1 N–H and O–H groups in total. The first-order valence-corrected chi connectivity index (χ1v) is 6.18. The number of phenols is 1. The monoisotopic (exact) mass is 281 g/mol. The van der Waals surface area contributed by atoms with Crippen LogP contribution in [-0.4, -0.2) is 10.0 Å². The number of nitro groups is 1. The molecule has 18 heavy (non-hydrogen) atoms. The average molecular weight is 282 g/mol. The van der Waals surface area contributed by atoms with Gasteiger partial charge >= 0.3 is 5.69 Å². The minimum atomic E-state index is -0.523.